The van der Waals surface area contributed by atoms with Crippen LogP contribution in [-0.2, 0) is 9.47 Å². The average molecular weight is 244 g/mol. The van der Waals surface area contributed by atoms with E-state index < -0.39 is 0 Å². The number of nitrogens with zero attached hydrogens (tertiary/aromatic N) is 2. The van der Waals surface area contributed by atoms with Crippen molar-refractivity contribution in [2.45, 2.75) is 6.29 Å². The molecule has 16 heavy (non-hydrogen) atoms. The maximum Gasteiger partial charge on any atom is 0.174 e. The lowest BCUT2D eigenvalue weighted by Crippen LogP contribution is -2.43. The molecule has 2 heterocycles. The topological polar surface area (TPSA) is 60.6 Å². The summed E-state index contributed by atoms with van der Waals surface area (Å²) in [5, 5.41) is 0.553. The van der Waals surface area contributed by atoms with E-state index in [0.29, 0.717) is 23.9 Å². The van der Waals surface area contributed by atoms with Crippen molar-refractivity contribution in [3.8, 4) is 0 Å². The van der Waals surface area contributed by atoms with E-state index in [2.05, 4.69) is 4.98 Å². The van der Waals surface area contributed by atoms with Crippen LogP contribution in [0.5, 0.6) is 0 Å². The van der Waals surface area contributed by atoms with E-state index in [1.54, 1.807) is 19.4 Å². The highest BCUT2D eigenvalue weighted by atomic mass is 35.5. The minimum absolute atomic E-state index is 0.232. The number of morpholine rings is 1. The van der Waals surface area contributed by atoms with Crippen LogP contribution in [0.15, 0.2) is 12.3 Å². The molecule has 1 aromatic rings. The Morgan fingerprint density at radius 1 is 1.69 bits per heavy atom. The van der Waals surface area contributed by atoms with Crippen LogP contribution < -0.4 is 10.6 Å². The molecule has 1 aromatic heterocycles. The predicted octanol–water partition coefficient (Wildman–Crippen LogP) is 1.13. The van der Waals surface area contributed by atoms with Gasteiger partial charge in [-0.25, -0.2) is 4.98 Å². The number of methoxy groups -OCH3 is 1. The van der Waals surface area contributed by atoms with E-state index in [9.17, 15) is 0 Å². The first-order chi connectivity index (χ1) is 7.70. The lowest BCUT2D eigenvalue weighted by atomic mass is 10.3. The summed E-state index contributed by atoms with van der Waals surface area (Å²) in [5.41, 5.74) is 6.16. The summed E-state index contributed by atoms with van der Waals surface area (Å²) in [6, 6.07) is 1.70. The van der Waals surface area contributed by atoms with Crippen molar-refractivity contribution in [3.05, 3.63) is 17.3 Å². The van der Waals surface area contributed by atoms with Crippen LogP contribution in [0.1, 0.15) is 0 Å². The van der Waals surface area contributed by atoms with E-state index in [1.807, 2.05) is 4.90 Å². The van der Waals surface area contributed by atoms with Crippen molar-refractivity contribution < 1.29 is 9.47 Å². The van der Waals surface area contributed by atoms with Crippen molar-refractivity contribution in [1.29, 1.82) is 0 Å². The van der Waals surface area contributed by atoms with Gasteiger partial charge in [0.1, 0.15) is 5.82 Å². The number of hydrogen-bond acceptors (Lipinski definition) is 5. The third-order valence-electron chi connectivity index (χ3n) is 2.44. The van der Waals surface area contributed by atoms with Crippen LogP contribution in [0.2, 0.25) is 5.02 Å². The molecule has 0 aliphatic carbocycles. The van der Waals surface area contributed by atoms with Crippen LogP contribution >= 0.6 is 11.6 Å². The van der Waals surface area contributed by atoms with E-state index in [-0.39, 0.29) is 6.29 Å². The second-order valence-corrected chi connectivity index (χ2v) is 3.96. The lowest BCUT2D eigenvalue weighted by Gasteiger charge is -2.33. The van der Waals surface area contributed by atoms with Gasteiger partial charge >= 0.3 is 0 Å². The summed E-state index contributed by atoms with van der Waals surface area (Å²) in [5.74, 6) is 0.723. The molecule has 0 amide bonds. The number of nitrogen functional groups attached to an aromatic ring is 1. The van der Waals surface area contributed by atoms with Gasteiger partial charge in [0, 0.05) is 13.7 Å². The molecule has 5 nitrogen and oxygen atoms in total. The Bertz CT molecular complexity index is 375. The molecular weight excluding hydrogens is 230 g/mol. The van der Waals surface area contributed by atoms with Crippen LogP contribution in [0, 0.1) is 0 Å². The second kappa shape index (κ2) is 4.86. The van der Waals surface area contributed by atoms with Gasteiger partial charge in [0.25, 0.3) is 0 Å². The monoisotopic (exact) mass is 243 g/mol. The largest absolute Gasteiger partial charge is 0.397 e. The minimum atomic E-state index is -0.232. The van der Waals surface area contributed by atoms with Gasteiger partial charge in [-0.05, 0) is 6.07 Å². The zero-order chi connectivity index (χ0) is 11.5. The molecule has 1 aliphatic rings. The molecule has 1 saturated heterocycles. The normalized spacial score (nSPS) is 21.1. The lowest BCUT2D eigenvalue weighted by molar-refractivity contribution is -0.128. The van der Waals surface area contributed by atoms with Crippen LogP contribution in [0.3, 0.4) is 0 Å². The molecule has 0 bridgehead atoms. The van der Waals surface area contributed by atoms with Crippen LogP contribution in [-0.4, -0.2) is 38.1 Å². The minimum Gasteiger partial charge on any atom is -0.397 e. The number of anilines is 2. The van der Waals surface area contributed by atoms with Gasteiger partial charge in [0.15, 0.2) is 6.29 Å². The zero-order valence-electron chi connectivity index (χ0n) is 9.02. The zero-order valence-corrected chi connectivity index (χ0v) is 9.78. The summed E-state index contributed by atoms with van der Waals surface area (Å²) >= 11 is 6.09. The summed E-state index contributed by atoms with van der Waals surface area (Å²) in [4.78, 5) is 6.26. The summed E-state index contributed by atoms with van der Waals surface area (Å²) in [7, 11) is 1.62. The van der Waals surface area contributed by atoms with Crippen LogP contribution in [0.25, 0.3) is 0 Å². The number of hydrogen-bond donors (Lipinski definition) is 1. The Morgan fingerprint density at radius 2 is 2.50 bits per heavy atom. The van der Waals surface area contributed by atoms with Crippen molar-refractivity contribution in [2.75, 3.05) is 37.4 Å². The number of aromatic nitrogens is 1. The Labute approximate surface area is 99.1 Å². The van der Waals surface area contributed by atoms with Gasteiger partial charge in [-0.3, -0.25) is 0 Å². The maximum absolute atomic E-state index is 6.09. The van der Waals surface area contributed by atoms with Gasteiger partial charge in [-0.15, -0.1) is 0 Å². The summed E-state index contributed by atoms with van der Waals surface area (Å²) < 4.78 is 10.5. The van der Waals surface area contributed by atoms with Gasteiger partial charge < -0.3 is 20.1 Å². The highest BCUT2D eigenvalue weighted by Crippen LogP contribution is 2.26. The standard InChI is InChI=1S/C10H14ClN3O2/c1-15-9-6-14(2-3-16-9)10-8(11)4-7(12)5-13-10/h4-5,9H,2-3,6,12H2,1H3/t9-/m0/s1. The van der Waals surface area contributed by atoms with Crippen molar-refractivity contribution in [1.82, 2.24) is 4.98 Å². The fourth-order valence-electron chi connectivity index (χ4n) is 1.63. The molecule has 6 heteroatoms. The second-order valence-electron chi connectivity index (χ2n) is 3.56. The molecule has 88 valence electrons. The van der Waals surface area contributed by atoms with Crippen molar-refractivity contribution in [3.63, 3.8) is 0 Å². The van der Waals surface area contributed by atoms with Gasteiger partial charge in [-0.1, -0.05) is 11.6 Å². The maximum atomic E-state index is 6.09. The first-order valence-electron chi connectivity index (χ1n) is 5.01. The summed E-state index contributed by atoms with van der Waals surface area (Å²) in [6.45, 7) is 1.96. The molecule has 0 radical (unpaired) electrons. The Hall–Kier alpha value is -1.04. The first kappa shape index (κ1) is 11.4. The van der Waals surface area contributed by atoms with E-state index in [4.69, 9.17) is 26.8 Å². The molecule has 2 rings (SSSR count). The fourth-order valence-corrected chi connectivity index (χ4v) is 1.93. The average Bonchev–Trinajstić information content (AvgIpc) is 2.29. The Morgan fingerprint density at radius 3 is 3.19 bits per heavy atom. The van der Waals surface area contributed by atoms with E-state index >= 15 is 0 Å². The highest BCUT2D eigenvalue weighted by Gasteiger charge is 2.22. The van der Waals surface area contributed by atoms with Gasteiger partial charge in [-0.2, -0.15) is 0 Å². The van der Waals surface area contributed by atoms with Crippen LogP contribution in [0.4, 0.5) is 11.5 Å². The molecule has 0 aromatic carbocycles. The molecule has 0 spiro atoms. The molecule has 1 atom stereocenters. The Kier molecular flexibility index (Phi) is 3.48. The number of halogens is 1. The van der Waals surface area contributed by atoms with Crippen molar-refractivity contribution in [2.24, 2.45) is 0 Å². The molecule has 1 fully saturated rings. The quantitative estimate of drug-likeness (QED) is 0.844. The molecule has 0 unspecified atom stereocenters. The fraction of sp³-hybridized carbons (Fsp3) is 0.500. The molecule has 0 saturated carbocycles. The molecule has 2 N–H and O–H groups in total. The number of rotatable bonds is 2. The molecular formula is C10H14ClN3O2. The van der Waals surface area contributed by atoms with E-state index in [0.717, 1.165) is 12.4 Å². The number of ether oxygens (including phenoxy) is 2. The smallest absolute Gasteiger partial charge is 0.174 e. The third kappa shape index (κ3) is 2.37. The molecule has 1 aliphatic heterocycles. The number of pyridine rings is 1. The predicted molar refractivity (Wildman–Crippen MR) is 62.6 cm³/mol. The SMILES string of the molecule is CO[C@@H]1CN(c2ncc(N)cc2Cl)CCO1. The highest BCUT2D eigenvalue weighted by molar-refractivity contribution is 6.33. The van der Waals surface area contributed by atoms with E-state index in [1.165, 1.54) is 0 Å². The van der Waals surface area contributed by atoms with Gasteiger partial charge in [0.2, 0.25) is 0 Å². The summed E-state index contributed by atoms with van der Waals surface area (Å²) in [6.07, 6.45) is 1.36. The van der Waals surface area contributed by atoms with Gasteiger partial charge in [0.05, 0.1) is 30.1 Å². The first-order valence-corrected chi connectivity index (χ1v) is 5.39. The Balaban J connectivity index is 2.16. The number of nitrogens with two attached hydrogens (primary N) is 1. The van der Waals surface area contributed by atoms with Crippen molar-refractivity contribution >= 4 is 23.1 Å². The third-order valence-corrected chi connectivity index (χ3v) is 2.72.